The van der Waals surface area contributed by atoms with Gasteiger partial charge >= 0.3 is 6.09 Å². The van der Waals surface area contributed by atoms with Gasteiger partial charge in [-0.15, -0.1) is 12.4 Å². The second-order valence-electron chi connectivity index (χ2n) is 2.54. The summed E-state index contributed by atoms with van der Waals surface area (Å²) < 4.78 is 4.46. The SMILES string of the molecule is CC(N)CN1C(=O)COC1=O.Cl. The van der Waals surface area contributed by atoms with E-state index in [1.54, 1.807) is 6.92 Å². The summed E-state index contributed by atoms with van der Waals surface area (Å²) in [6, 6.07) is -0.204. The first-order chi connectivity index (χ1) is 5.11. The first-order valence-electron chi connectivity index (χ1n) is 3.34. The van der Waals surface area contributed by atoms with Crippen molar-refractivity contribution in [3.8, 4) is 0 Å². The normalized spacial score (nSPS) is 18.7. The van der Waals surface area contributed by atoms with Crippen molar-refractivity contribution in [1.29, 1.82) is 0 Å². The molecule has 0 aliphatic carbocycles. The second-order valence-corrected chi connectivity index (χ2v) is 2.54. The van der Waals surface area contributed by atoms with Gasteiger partial charge in [-0.3, -0.25) is 4.79 Å². The Morgan fingerprint density at radius 3 is 2.58 bits per heavy atom. The van der Waals surface area contributed by atoms with E-state index in [9.17, 15) is 9.59 Å². The van der Waals surface area contributed by atoms with Crippen LogP contribution in [-0.2, 0) is 9.53 Å². The van der Waals surface area contributed by atoms with Crippen molar-refractivity contribution >= 4 is 24.4 Å². The lowest BCUT2D eigenvalue weighted by molar-refractivity contribution is -0.126. The molecule has 0 bridgehead atoms. The lowest BCUT2D eigenvalue weighted by Crippen LogP contribution is -2.38. The predicted molar refractivity (Wildman–Crippen MR) is 44.0 cm³/mol. The highest BCUT2D eigenvalue weighted by molar-refractivity contribution is 5.97. The minimum absolute atomic E-state index is 0. The monoisotopic (exact) mass is 194 g/mol. The summed E-state index contributed by atoms with van der Waals surface area (Å²) in [5, 5.41) is 0. The number of amides is 2. The van der Waals surface area contributed by atoms with Gasteiger partial charge in [-0.1, -0.05) is 0 Å². The quantitative estimate of drug-likeness (QED) is 0.657. The zero-order valence-corrected chi connectivity index (χ0v) is 7.47. The minimum Gasteiger partial charge on any atom is -0.439 e. The first kappa shape index (κ1) is 11.2. The number of hydrogen-bond donors (Lipinski definition) is 1. The molecule has 1 aliphatic rings. The van der Waals surface area contributed by atoms with Crippen LogP contribution in [0.25, 0.3) is 0 Å². The van der Waals surface area contributed by atoms with Crippen molar-refractivity contribution in [3.05, 3.63) is 0 Å². The van der Waals surface area contributed by atoms with Gasteiger partial charge in [0, 0.05) is 12.6 Å². The topological polar surface area (TPSA) is 72.6 Å². The minimum atomic E-state index is -0.590. The number of cyclic esters (lactones) is 1. The van der Waals surface area contributed by atoms with E-state index in [1.807, 2.05) is 0 Å². The molecule has 6 heteroatoms. The Balaban J connectivity index is 0.00000121. The van der Waals surface area contributed by atoms with E-state index in [4.69, 9.17) is 5.73 Å². The van der Waals surface area contributed by atoms with Crippen molar-refractivity contribution < 1.29 is 14.3 Å². The Bertz CT molecular complexity index is 179. The number of carbonyl (C=O) groups is 2. The largest absolute Gasteiger partial charge is 0.439 e. The number of rotatable bonds is 2. The van der Waals surface area contributed by atoms with Crippen LogP contribution in [0.15, 0.2) is 0 Å². The van der Waals surface area contributed by atoms with Crippen molar-refractivity contribution in [1.82, 2.24) is 4.90 Å². The summed E-state index contributed by atoms with van der Waals surface area (Å²) >= 11 is 0. The lowest BCUT2D eigenvalue weighted by atomic mass is 10.3. The van der Waals surface area contributed by atoms with Gasteiger partial charge in [0.15, 0.2) is 6.61 Å². The van der Waals surface area contributed by atoms with Crippen molar-refractivity contribution in [3.63, 3.8) is 0 Å². The van der Waals surface area contributed by atoms with Gasteiger partial charge in [0.1, 0.15) is 0 Å². The Morgan fingerprint density at radius 2 is 2.25 bits per heavy atom. The van der Waals surface area contributed by atoms with Gasteiger partial charge in [0.05, 0.1) is 0 Å². The third kappa shape index (κ3) is 2.35. The van der Waals surface area contributed by atoms with E-state index in [0.29, 0.717) is 0 Å². The summed E-state index contributed by atoms with van der Waals surface area (Å²) in [4.78, 5) is 22.6. The first-order valence-corrected chi connectivity index (χ1v) is 3.34. The van der Waals surface area contributed by atoms with E-state index in [-0.39, 0.29) is 37.5 Å². The van der Waals surface area contributed by atoms with Gasteiger partial charge in [0.2, 0.25) is 0 Å². The van der Waals surface area contributed by atoms with Gasteiger partial charge < -0.3 is 10.5 Å². The number of imide groups is 1. The Hall–Kier alpha value is -0.810. The maximum absolute atomic E-state index is 10.8. The number of nitrogens with two attached hydrogens (primary N) is 1. The third-order valence-electron chi connectivity index (χ3n) is 1.31. The molecular formula is C6H11ClN2O3. The lowest BCUT2D eigenvalue weighted by Gasteiger charge is -2.12. The van der Waals surface area contributed by atoms with Crippen LogP contribution in [0.4, 0.5) is 4.79 Å². The molecule has 1 unspecified atom stereocenters. The number of carbonyl (C=O) groups excluding carboxylic acids is 2. The van der Waals surface area contributed by atoms with Crippen molar-refractivity contribution in [2.75, 3.05) is 13.2 Å². The molecule has 1 rings (SSSR count). The fourth-order valence-electron chi connectivity index (χ4n) is 0.845. The van der Waals surface area contributed by atoms with Gasteiger partial charge in [-0.05, 0) is 6.92 Å². The molecule has 5 nitrogen and oxygen atoms in total. The fourth-order valence-corrected chi connectivity index (χ4v) is 0.845. The highest BCUT2D eigenvalue weighted by Crippen LogP contribution is 2.04. The summed E-state index contributed by atoms with van der Waals surface area (Å²) in [7, 11) is 0. The van der Waals surface area contributed by atoms with E-state index < -0.39 is 6.09 Å². The number of halogens is 1. The standard InChI is InChI=1S/C6H10N2O3.ClH/c1-4(7)2-8-5(9)3-11-6(8)10;/h4H,2-3,7H2,1H3;1H. The molecule has 0 aromatic heterocycles. The van der Waals surface area contributed by atoms with Crippen molar-refractivity contribution in [2.45, 2.75) is 13.0 Å². The summed E-state index contributed by atoms with van der Waals surface area (Å²) in [5.74, 6) is -0.313. The summed E-state index contributed by atoms with van der Waals surface area (Å²) in [5.41, 5.74) is 5.40. The molecule has 1 heterocycles. The molecule has 12 heavy (non-hydrogen) atoms. The molecule has 1 fully saturated rings. The molecule has 0 saturated carbocycles. The zero-order valence-electron chi connectivity index (χ0n) is 6.65. The van der Waals surface area contributed by atoms with Crippen LogP contribution >= 0.6 is 12.4 Å². The number of ether oxygens (including phenoxy) is 1. The van der Waals surface area contributed by atoms with Gasteiger partial charge in [-0.2, -0.15) is 0 Å². The third-order valence-corrected chi connectivity index (χ3v) is 1.31. The maximum atomic E-state index is 10.8. The van der Waals surface area contributed by atoms with Gasteiger partial charge in [0.25, 0.3) is 5.91 Å². The average Bonchev–Trinajstić information content (AvgIpc) is 2.18. The molecule has 2 amide bonds. The van der Waals surface area contributed by atoms with Crippen LogP contribution in [-0.4, -0.2) is 36.1 Å². The molecule has 0 radical (unpaired) electrons. The average molecular weight is 195 g/mol. The highest BCUT2D eigenvalue weighted by atomic mass is 35.5. The molecule has 0 aromatic carbocycles. The maximum Gasteiger partial charge on any atom is 0.417 e. The van der Waals surface area contributed by atoms with Crippen LogP contribution in [0, 0.1) is 0 Å². The smallest absolute Gasteiger partial charge is 0.417 e. The van der Waals surface area contributed by atoms with Crippen LogP contribution in [0.1, 0.15) is 6.92 Å². The highest BCUT2D eigenvalue weighted by Gasteiger charge is 2.30. The van der Waals surface area contributed by atoms with Gasteiger partial charge in [-0.25, -0.2) is 9.69 Å². The van der Waals surface area contributed by atoms with E-state index in [2.05, 4.69) is 4.74 Å². The second kappa shape index (κ2) is 4.27. The van der Waals surface area contributed by atoms with Crippen LogP contribution < -0.4 is 5.73 Å². The van der Waals surface area contributed by atoms with E-state index in [1.165, 1.54) is 0 Å². The molecular weight excluding hydrogens is 184 g/mol. The summed E-state index contributed by atoms with van der Waals surface area (Å²) in [6.45, 7) is 1.81. The number of hydrogen-bond acceptors (Lipinski definition) is 4. The Morgan fingerprint density at radius 1 is 1.67 bits per heavy atom. The molecule has 1 saturated heterocycles. The van der Waals surface area contributed by atoms with Crippen LogP contribution in [0.3, 0.4) is 0 Å². The molecule has 1 aliphatic heterocycles. The summed E-state index contributed by atoms with van der Waals surface area (Å²) in [6.07, 6.45) is -0.590. The van der Waals surface area contributed by atoms with Crippen LogP contribution in [0.2, 0.25) is 0 Å². The fraction of sp³-hybridized carbons (Fsp3) is 0.667. The van der Waals surface area contributed by atoms with E-state index in [0.717, 1.165) is 4.90 Å². The predicted octanol–water partition coefficient (Wildman–Crippen LogP) is -0.266. The Labute approximate surface area is 76.2 Å². The van der Waals surface area contributed by atoms with Crippen molar-refractivity contribution in [2.24, 2.45) is 5.73 Å². The molecule has 0 aromatic rings. The number of nitrogens with zero attached hydrogens (tertiary/aromatic N) is 1. The zero-order chi connectivity index (χ0) is 8.43. The molecule has 2 N–H and O–H groups in total. The molecule has 0 spiro atoms. The van der Waals surface area contributed by atoms with Crippen LogP contribution in [0.5, 0.6) is 0 Å². The Kier molecular flexibility index (Phi) is 3.99. The molecule has 1 atom stereocenters. The van der Waals surface area contributed by atoms with E-state index >= 15 is 0 Å². The molecule has 70 valence electrons.